The van der Waals surface area contributed by atoms with Crippen molar-refractivity contribution in [1.82, 2.24) is 15.2 Å². The number of halogens is 2. The molecular formula is C13H16ClFN4. The third-order valence-electron chi connectivity index (χ3n) is 2.99. The van der Waals surface area contributed by atoms with E-state index in [9.17, 15) is 4.39 Å². The molecule has 0 aliphatic rings. The molecule has 0 fully saturated rings. The summed E-state index contributed by atoms with van der Waals surface area (Å²) >= 11 is 5.90. The van der Waals surface area contributed by atoms with Crippen molar-refractivity contribution in [2.24, 2.45) is 5.84 Å². The second-order valence-corrected chi connectivity index (χ2v) is 4.73. The maximum Gasteiger partial charge on any atom is 0.128 e. The first-order valence-corrected chi connectivity index (χ1v) is 6.44. The van der Waals surface area contributed by atoms with Crippen LogP contribution in [0.4, 0.5) is 4.39 Å². The van der Waals surface area contributed by atoms with E-state index in [1.165, 1.54) is 12.1 Å². The lowest BCUT2D eigenvalue weighted by Crippen LogP contribution is -2.30. The van der Waals surface area contributed by atoms with Gasteiger partial charge in [-0.3, -0.25) is 16.0 Å². The summed E-state index contributed by atoms with van der Waals surface area (Å²) in [5.41, 5.74) is 4.07. The Morgan fingerprint density at radius 3 is 2.95 bits per heavy atom. The average molecular weight is 283 g/mol. The minimum Gasteiger partial charge on any atom is -0.273 e. The van der Waals surface area contributed by atoms with Crippen LogP contribution in [0.2, 0.25) is 5.02 Å². The Bertz CT molecular complexity index is 555. The van der Waals surface area contributed by atoms with Crippen LogP contribution in [0.25, 0.3) is 0 Å². The summed E-state index contributed by atoms with van der Waals surface area (Å²) < 4.78 is 15.6. The first-order valence-electron chi connectivity index (χ1n) is 6.06. The highest BCUT2D eigenvalue weighted by molar-refractivity contribution is 6.30. The van der Waals surface area contributed by atoms with E-state index in [2.05, 4.69) is 10.5 Å². The van der Waals surface area contributed by atoms with Crippen molar-refractivity contribution in [2.75, 3.05) is 0 Å². The monoisotopic (exact) mass is 282 g/mol. The Hall–Kier alpha value is -1.43. The van der Waals surface area contributed by atoms with Crippen molar-refractivity contribution in [2.45, 2.75) is 25.9 Å². The van der Waals surface area contributed by atoms with Crippen molar-refractivity contribution in [3.05, 3.63) is 52.6 Å². The van der Waals surface area contributed by atoms with Gasteiger partial charge in [0.2, 0.25) is 0 Å². The summed E-state index contributed by atoms with van der Waals surface area (Å²) in [6.45, 7) is 2.80. The van der Waals surface area contributed by atoms with Crippen LogP contribution in [0.15, 0.2) is 30.6 Å². The predicted molar refractivity (Wildman–Crippen MR) is 73.1 cm³/mol. The average Bonchev–Trinajstić information content (AvgIpc) is 2.87. The molecule has 1 heterocycles. The van der Waals surface area contributed by atoms with Crippen LogP contribution >= 0.6 is 11.6 Å². The summed E-state index contributed by atoms with van der Waals surface area (Å²) in [4.78, 5) is 0. The van der Waals surface area contributed by atoms with E-state index < -0.39 is 0 Å². The van der Waals surface area contributed by atoms with Crippen LogP contribution in [0.5, 0.6) is 0 Å². The van der Waals surface area contributed by atoms with Crippen LogP contribution < -0.4 is 11.3 Å². The van der Waals surface area contributed by atoms with Gasteiger partial charge in [0.25, 0.3) is 0 Å². The minimum absolute atomic E-state index is 0.324. The zero-order valence-corrected chi connectivity index (χ0v) is 11.4. The van der Waals surface area contributed by atoms with Gasteiger partial charge in [0, 0.05) is 23.3 Å². The fraction of sp³-hybridized carbons (Fsp3) is 0.308. The molecule has 4 nitrogen and oxygen atoms in total. The van der Waals surface area contributed by atoms with Gasteiger partial charge in [-0.05, 0) is 37.1 Å². The normalized spacial score (nSPS) is 12.6. The minimum atomic E-state index is -0.340. The molecule has 102 valence electrons. The molecule has 0 saturated heterocycles. The predicted octanol–water partition coefficient (Wildman–Crippen LogP) is 2.44. The molecule has 1 aromatic carbocycles. The van der Waals surface area contributed by atoms with E-state index in [1.54, 1.807) is 12.3 Å². The zero-order chi connectivity index (χ0) is 13.8. The molecule has 0 aliphatic heterocycles. The van der Waals surface area contributed by atoms with Gasteiger partial charge in [-0.25, -0.2) is 4.39 Å². The number of hydrogen-bond donors (Lipinski definition) is 2. The van der Waals surface area contributed by atoms with Crippen molar-refractivity contribution in [3.63, 3.8) is 0 Å². The molecule has 0 radical (unpaired) electrons. The summed E-state index contributed by atoms with van der Waals surface area (Å²) in [7, 11) is 0. The molecule has 19 heavy (non-hydrogen) atoms. The molecule has 2 aromatic rings. The lowest BCUT2D eigenvalue weighted by atomic mass is 10.0. The quantitative estimate of drug-likeness (QED) is 0.654. The first-order chi connectivity index (χ1) is 9.13. The number of nitrogens with two attached hydrogens (primary N) is 1. The van der Waals surface area contributed by atoms with E-state index in [0.717, 1.165) is 12.1 Å². The Labute approximate surface area is 116 Å². The molecule has 6 heteroatoms. The second kappa shape index (κ2) is 6.14. The molecule has 0 amide bonds. The van der Waals surface area contributed by atoms with Gasteiger partial charge in [0.05, 0.1) is 12.2 Å². The number of nitrogens with one attached hydrogen (secondary N) is 1. The molecule has 1 unspecified atom stereocenters. The standard InChI is InChI=1S/C13H16ClFN4/c1-2-19-8-9(7-17-19)5-13(18-16)11-6-10(14)3-4-12(11)15/h3-4,6-8,13,18H,2,5,16H2,1H3. The third kappa shape index (κ3) is 3.32. The summed E-state index contributed by atoms with van der Waals surface area (Å²) in [5, 5.41) is 4.67. The van der Waals surface area contributed by atoms with E-state index in [-0.39, 0.29) is 11.9 Å². The molecule has 0 bridgehead atoms. The number of benzene rings is 1. The molecule has 3 N–H and O–H groups in total. The molecule has 0 spiro atoms. The van der Waals surface area contributed by atoms with E-state index in [1.807, 2.05) is 17.8 Å². The Balaban J connectivity index is 2.22. The van der Waals surface area contributed by atoms with Gasteiger partial charge in [-0.15, -0.1) is 0 Å². The number of hydrazine groups is 1. The van der Waals surface area contributed by atoms with Gasteiger partial charge < -0.3 is 0 Å². The van der Waals surface area contributed by atoms with Gasteiger partial charge >= 0.3 is 0 Å². The van der Waals surface area contributed by atoms with Crippen LogP contribution in [0, 0.1) is 5.82 Å². The van der Waals surface area contributed by atoms with Crippen LogP contribution in [0.1, 0.15) is 24.1 Å². The number of rotatable bonds is 5. The maximum absolute atomic E-state index is 13.8. The summed E-state index contributed by atoms with van der Waals surface area (Å²) in [5.74, 6) is 5.20. The lowest BCUT2D eigenvalue weighted by molar-refractivity contribution is 0.510. The Morgan fingerprint density at radius 2 is 2.32 bits per heavy atom. The van der Waals surface area contributed by atoms with Crippen molar-refractivity contribution in [3.8, 4) is 0 Å². The van der Waals surface area contributed by atoms with Crippen LogP contribution in [-0.4, -0.2) is 9.78 Å². The summed E-state index contributed by atoms with van der Waals surface area (Å²) in [6, 6.07) is 4.11. The van der Waals surface area contributed by atoms with Gasteiger partial charge in [0.15, 0.2) is 0 Å². The van der Waals surface area contributed by atoms with Crippen molar-refractivity contribution >= 4 is 11.6 Å². The van der Waals surface area contributed by atoms with Crippen LogP contribution in [0.3, 0.4) is 0 Å². The molecule has 1 atom stereocenters. The SMILES string of the molecule is CCn1cc(CC(NN)c2cc(Cl)ccc2F)cn1. The molecule has 0 aliphatic carbocycles. The highest BCUT2D eigenvalue weighted by Crippen LogP contribution is 2.23. The Morgan fingerprint density at radius 1 is 1.53 bits per heavy atom. The number of hydrogen-bond acceptors (Lipinski definition) is 3. The van der Waals surface area contributed by atoms with E-state index in [4.69, 9.17) is 17.4 Å². The first kappa shape index (κ1) is 14.0. The number of nitrogens with zero attached hydrogens (tertiary/aromatic N) is 2. The molecule has 1 aromatic heterocycles. The van der Waals surface area contributed by atoms with E-state index in [0.29, 0.717) is 17.0 Å². The Kier molecular flexibility index (Phi) is 4.52. The maximum atomic E-state index is 13.8. The topological polar surface area (TPSA) is 55.9 Å². The van der Waals surface area contributed by atoms with Crippen molar-refractivity contribution in [1.29, 1.82) is 0 Å². The largest absolute Gasteiger partial charge is 0.273 e. The van der Waals surface area contributed by atoms with Gasteiger partial charge in [-0.2, -0.15) is 5.10 Å². The highest BCUT2D eigenvalue weighted by Gasteiger charge is 2.16. The lowest BCUT2D eigenvalue weighted by Gasteiger charge is -2.16. The van der Waals surface area contributed by atoms with Crippen molar-refractivity contribution < 1.29 is 4.39 Å². The van der Waals surface area contributed by atoms with Gasteiger partial charge in [0.1, 0.15) is 5.82 Å². The molecule has 2 rings (SSSR count). The van der Waals surface area contributed by atoms with Gasteiger partial charge in [-0.1, -0.05) is 11.6 Å². The number of aryl methyl sites for hydroxylation is 1. The highest BCUT2D eigenvalue weighted by atomic mass is 35.5. The summed E-state index contributed by atoms with van der Waals surface area (Å²) in [6.07, 6.45) is 4.23. The third-order valence-corrected chi connectivity index (χ3v) is 3.22. The fourth-order valence-electron chi connectivity index (χ4n) is 1.96. The second-order valence-electron chi connectivity index (χ2n) is 4.29. The fourth-order valence-corrected chi connectivity index (χ4v) is 2.14. The smallest absolute Gasteiger partial charge is 0.128 e. The van der Waals surface area contributed by atoms with Crippen LogP contribution in [-0.2, 0) is 13.0 Å². The zero-order valence-electron chi connectivity index (χ0n) is 10.6. The molecular weight excluding hydrogens is 267 g/mol. The number of aromatic nitrogens is 2. The molecule has 0 saturated carbocycles. The van der Waals surface area contributed by atoms with E-state index >= 15 is 0 Å².